The van der Waals surface area contributed by atoms with Crippen molar-refractivity contribution in [2.75, 3.05) is 6.54 Å². The Kier molecular flexibility index (Phi) is 3.48. The molecule has 5 rings (SSSR count). The van der Waals surface area contributed by atoms with E-state index in [2.05, 4.69) is 73.6 Å². The van der Waals surface area contributed by atoms with Gasteiger partial charge in [-0.05, 0) is 18.6 Å². The maximum Gasteiger partial charge on any atom is 0.223 e. The molecule has 4 aromatic rings. The first-order chi connectivity index (χ1) is 12.8. The minimum Gasteiger partial charge on any atom is -0.354 e. The zero-order valence-electron chi connectivity index (χ0n) is 14.2. The quantitative estimate of drug-likeness (QED) is 0.584. The molecule has 0 bridgehead atoms. The monoisotopic (exact) mass is 345 g/mol. The third-order valence-corrected chi connectivity index (χ3v) is 5.23. The smallest absolute Gasteiger partial charge is 0.223 e. The summed E-state index contributed by atoms with van der Waals surface area (Å²) < 4.78 is 2.28. The van der Waals surface area contributed by atoms with Crippen molar-refractivity contribution in [3.63, 3.8) is 0 Å². The molecular formula is C20H19N5O. The van der Waals surface area contributed by atoms with Crippen LogP contribution in [0.25, 0.3) is 21.8 Å². The van der Waals surface area contributed by atoms with Crippen LogP contribution in [0.2, 0.25) is 0 Å². The van der Waals surface area contributed by atoms with E-state index in [-0.39, 0.29) is 17.7 Å². The Morgan fingerprint density at radius 3 is 2.46 bits per heavy atom. The predicted octanol–water partition coefficient (Wildman–Crippen LogP) is 2.83. The van der Waals surface area contributed by atoms with Crippen LogP contribution in [0, 0.1) is 5.92 Å². The van der Waals surface area contributed by atoms with Gasteiger partial charge in [-0.1, -0.05) is 36.4 Å². The average Bonchev–Trinajstić information content (AvgIpc) is 3.17. The lowest BCUT2D eigenvalue weighted by Crippen LogP contribution is -2.28. The molecule has 6 nitrogen and oxygen atoms in total. The molecule has 2 heterocycles. The van der Waals surface area contributed by atoms with Crippen LogP contribution in [-0.4, -0.2) is 32.2 Å². The van der Waals surface area contributed by atoms with E-state index in [4.69, 9.17) is 0 Å². The normalized spacial score (nSPS) is 19.1. The summed E-state index contributed by atoms with van der Waals surface area (Å²) in [5, 5.41) is 12.3. The number of benzene rings is 2. The molecule has 1 aliphatic rings. The van der Waals surface area contributed by atoms with Gasteiger partial charge in [-0.2, -0.15) is 5.10 Å². The van der Waals surface area contributed by atoms with Crippen molar-refractivity contribution in [1.82, 2.24) is 25.1 Å². The van der Waals surface area contributed by atoms with Crippen molar-refractivity contribution in [3.05, 3.63) is 60.7 Å². The van der Waals surface area contributed by atoms with E-state index >= 15 is 0 Å². The Labute approximate surface area is 150 Å². The molecule has 2 aromatic carbocycles. The number of para-hydroxylation sites is 2. The average molecular weight is 345 g/mol. The Hall–Kier alpha value is -3.15. The first-order valence-corrected chi connectivity index (χ1v) is 8.92. The van der Waals surface area contributed by atoms with Crippen molar-refractivity contribution >= 4 is 27.7 Å². The van der Waals surface area contributed by atoms with Gasteiger partial charge in [-0.15, -0.1) is 0 Å². The zero-order valence-corrected chi connectivity index (χ0v) is 14.2. The highest BCUT2D eigenvalue weighted by atomic mass is 16.2. The number of H-pyrrole nitrogens is 1. The van der Waals surface area contributed by atoms with E-state index in [1.165, 1.54) is 28.1 Å². The Balaban J connectivity index is 1.31. The number of amides is 1. The number of fused-ring (bicyclic) bond motifs is 3. The fourth-order valence-electron chi connectivity index (χ4n) is 3.85. The maximum absolute atomic E-state index is 12.4. The van der Waals surface area contributed by atoms with Crippen LogP contribution in [0.4, 0.5) is 0 Å². The summed E-state index contributed by atoms with van der Waals surface area (Å²) in [6.07, 6.45) is 2.33. The van der Waals surface area contributed by atoms with E-state index in [1.807, 2.05) is 0 Å². The number of aromatic amines is 1. The molecule has 0 aliphatic heterocycles. The number of aromatic nitrogens is 4. The SMILES string of the molecule is O=C(NCCn1c2ccccc2c2ccccc21)C1CC1c1ncn[nH]1. The molecular weight excluding hydrogens is 326 g/mol. The van der Waals surface area contributed by atoms with E-state index in [0.717, 1.165) is 18.8 Å². The highest BCUT2D eigenvalue weighted by Gasteiger charge is 2.45. The van der Waals surface area contributed by atoms with Gasteiger partial charge in [0.05, 0.1) is 0 Å². The second-order valence-corrected chi connectivity index (χ2v) is 6.80. The standard InChI is InChI=1S/C20H19N5O/c26-20(16-11-15(16)19-22-12-23-24-19)21-9-10-25-17-7-3-1-5-13(17)14-6-2-4-8-18(14)25/h1-8,12,15-16H,9-11H2,(H,21,26)(H,22,23,24). The van der Waals surface area contributed by atoms with Gasteiger partial charge in [0.2, 0.25) is 5.91 Å². The molecule has 2 atom stereocenters. The lowest BCUT2D eigenvalue weighted by atomic mass is 10.2. The first kappa shape index (κ1) is 15.1. The van der Waals surface area contributed by atoms with Crippen LogP contribution >= 0.6 is 0 Å². The fraction of sp³-hybridized carbons (Fsp3) is 0.250. The van der Waals surface area contributed by atoms with E-state index in [9.17, 15) is 4.79 Å². The molecule has 26 heavy (non-hydrogen) atoms. The summed E-state index contributed by atoms with van der Waals surface area (Å²) in [6.45, 7) is 1.36. The Morgan fingerprint density at radius 1 is 1.12 bits per heavy atom. The topological polar surface area (TPSA) is 75.6 Å². The highest BCUT2D eigenvalue weighted by molar-refractivity contribution is 6.07. The number of nitrogens with zero attached hydrogens (tertiary/aromatic N) is 3. The van der Waals surface area contributed by atoms with Gasteiger partial charge in [-0.25, -0.2) is 4.98 Å². The van der Waals surface area contributed by atoms with Crippen LogP contribution in [0.15, 0.2) is 54.9 Å². The summed E-state index contributed by atoms with van der Waals surface area (Å²) in [5.41, 5.74) is 2.41. The number of nitrogens with one attached hydrogen (secondary N) is 2. The number of hydrogen-bond donors (Lipinski definition) is 2. The van der Waals surface area contributed by atoms with E-state index in [1.54, 1.807) is 0 Å². The van der Waals surface area contributed by atoms with Crippen LogP contribution in [0.1, 0.15) is 18.2 Å². The molecule has 2 unspecified atom stereocenters. The summed E-state index contributed by atoms with van der Waals surface area (Å²) in [4.78, 5) is 16.5. The van der Waals surface area contributed by atoms with Crippen molar-refractivity contribution in [3.8, 4) is 0 Å². The second kappa shape index (κ2) is 5.98. The summed E-state index contributed by atoms with van der Waals surface area (Å²) in [5.74, 6) is 1.12. The minimum atomic E-state index is 0.0149. The van der Waals surface area contributed by atoms with Gasteiger partial charge >= 0.3 is 0 Å². The maximum atomic E-state index is 12.4. The van der Waals surface area contributed by atoms with Crippen LogP contribution in [0.5, 0.6) is 0 Å². The van der Waals surface area contributed by atoms with Gasteiger partial charge in [0, 0.05) is 46.7 Å². The van der Waals surface area contributed by atoms with E-state index < -0.39 is 0 Å². The van der Waals surface area contributed by atoms with Gasteiger partial charge < -0.3 is 9.88 Å². The van der Waals surface area contributed by atoms with Gasteiger partial charge in [0.15, 0.2) is 0 Å². The van der Waals surface area contributed by atoms with Crippen molar-refractivity contribution in [2.45, 2.75) is 18.9 Å². The Morgan fingerprint density at radius 2 is 1.81 bits per heavy atom. The second-order valence-electron chi connectivity index (χ2n) is 6.80. The summed E-state index contributed by atoms with van der Waals surface area (Å²) in [7, 11) is 0. The van der Waals surface area contributed by atoms with Crippen molar-refractivity contribution < 1.29 is 4.79 Å². The molecule has 1 fully saturated rings. The largest absolute Gasteiger partial charge is 0.354 e. The van der Waals surface area contributed by atoms with Crippen LogP contribution in [-0.2, 0) is 11.3 Å². The molecule has 1 amide bonds. The summed E-state index contributed by atoms with van der Waals surface area (Å²) >= 11 is 0. The molecule has 2 aromatic heterocycles. The van der Waals surface area contributed by atoms with Gasteiger partial charge in [0.25, 0.3) is 0 Å². The zero-order chi connectivity index (χ0) is 17.5. The Bertz CT molecular complexity index is 1030. The fourth-order valence-corrected chi connectivity index (χ4v) is 3.85. The third kappa shape index (κ3) is 2.45. The van der Waals surface area contributed by atoms with Crippen molar-refractivity contribution in [2.24, 2.45) is 5.92 Å². The minimum absolute atomic E-state index is 0.0149. The molecule has 0 spiro atoms. The molecule has 130 valence electrons. The third-order valence-electron chi connectivity index (χ3n) is 5.23. The molecule has 1 saturated carbocycles. The predicted molar refractivity (Wildman–Crippen MR) is 99.7 cm³/mol. The summed E-state index contributed by atoms with van der Waals surface area (Å²) in [6, 6.07) is 16.8. The van der Waals surface area contributed by atoms with E-state index in [0.29, 0.717) is 6.54 Å². The number of hydrogen-bond acceptors (Lipinski definition) is 3. The molecule has 0 radical (unpaired) electrons. The number of carbonyl (C=O) groups excluding carboxylic acids is 1. The molecule has 2 N–H and O–H groups in total. The molecule has 6 heteroatoms. The van der Waals surface area contributed by atoms with Gasteiger partial charge in [0.1, 0.15) is 12.2 Å². The van der Waals surface area contributed by atoms with Gasteiger partial charge in [-0.3, -0.25) is 9.89 Å². The molecule has 0 saturated heterocycles. The number of carbonyl (C=O) groups is 1. The first-order valence-electron chi connectivity index (χ1n) is 8.92. The highest BCUT2D eigenvalue weighted by Crippen LogP contribution is 2.45. The van der Waals surface area contributed by atoms with Crippen LogP contribution in [0.3, 0.4) is 0 Å². The lowest BCUT2D eigenvalue weighted by Gasteiger charge is -2.09. The van der Waals surface area contributed by atoms with Crippen molar-refractivity contribution in [1.29, 1.82) is 0 Å². The molecule has 1 aliphatic carbocycles. The van der Waals surface area contributed by atoms with Crippen LogP contribution < -0.4 is 5.32 Å². The lowest BCUT2D eigenvalue weighted by molar-refractivity contribution is -0.122. The number of rotatable bonds is 5.